The maximum Gasteiger partial charge on any atom is 0.200 e. The normalized spacial score (nSPS) is 10.5. The zero-order valence-electron chi connectivity index (χ0n) is 11.3. The molecule has 0 unspecified atom stereocenters. The highest BCUT2D eigenvalue weighted by Gasteiger charge is 2.07. The fourth-order valence-electron chi connectivity index (χ4n) is 1.80. The number of hydrogen-bond donors (Lipinski definition) is 0. The Morgan fingerprint density at radius 2 is 1.63 bits per heavy atom. The Morgan fingerprint density at radius 1 is 1.00 bits per heavy atom. The Bertz CT molecular complexity index is 527. The van der Waals surface area contributed by atoms with Crippen LogP contribution >= 0.6 is 0 Å². The fraction of sp³-hybridized carbons (Fsp3) is 0.235. The van der Waals surface area contributed by atoms with Gasteiger partial charge in [0.1, 0.15) is 5.75 Å². The average molecular weight is 254 g/mol. The lowest BCUT2D eigenvalue weighted by atomic mass is 10.0. The van der Waals surface area contributed by atoms with Crippen molar-refractivity contribution in [1.29, 1.82) is 0 Å². The van der Waals surface area contributed by atoms with Gasteiger partial charge in [-0.15, -0.1) is 0 Å². The van der Waals surface area contributed by atoms with E-state index in [2.05, 4.69) is 13.8 Å². The van der Waals surface area contributed by atoms with E-state index >= 15 is 0 Å². The minimum absolute atomic E-state index is 0.000779. The molecule has 2 aromatic rings. The van der Waals surface area contributed by atoms with Gasteiger partial charge in [0.05, 0.1) is 0 Å². The van der Waals surface area contributed by atoms with Crippen molar-refractivity contribution >= 4 is 5.78 Å². The highest BCUT2D eigenvalue weighted by Crippen LogP contribution is 2.15. The lowest BCUT2D eigenvalue weighted by molar-refractivity contribution is 0.0921. The van der Waals surface area contributed by atoms with E-state index in [0.717, 1.165) is 5.75 Å². The first kappa shape index (κ1) is 13.3. The van der Waals surface area contributed by atoms with Gasteiger partial charge in [0, 0.05) is 5.56 Å². The first-order chi connectivity index (χ1) is 9.16. The van der Waals surface area contributed by atoms with E-state index in [9.17, 15) is 4.79 Å². The van der Waals surface area contributed by atoms with Gasteiger partial charge >= 0.3 is 0 Å². The minimum Gasteiger partial charge on any atom is -0.485 e. The van der Waals surface area contributed by atoms with E-state index in [-0.39, 0.29) is 12.4 Å². The molecule has 2 nitrogen and oxygen atoms in total. The molecule has 0 fully saturated rings. The summed E-state index contributed by atoms with van der Waals surface area (Å²) in [6.07, 6.45) is 0. The molecule has 2 heteroatoms. The standard InChI is InChI=1S/C17H18O2/c1-13(2)14-8-10-15(11-9-14)17(18)12-19-16-6-4-3-5-7-16/h3-11,13H,12H2,1-2H3. The van der Waals surface area contributed by atoms with Gasteiger partial charge in [0.25, 0.3) is 0 Å². The highest BCUT2D eigenvalue weighted by atomic mass is 16.5. The number of ketones is 1. The first-order valence-corrected chi connectivity index (χ1v) is 6.48. The van der Waals surface area contributed by atoms with Gasteiger partial charge in [-0.1, -0.05) is 56.3 Å². The summed E-state index contributed by atoms with van der Waals surface area (Å²) in [5.41, 5.74) is 1.93. The molecular formula is C17H18O2. The molecule has 0 atom stereocenters. The highest BCUT2D eigenvalue weighted by molar-refractivity contribution is 5.97. The van der Waals surface area contributed by atoms with Gasteiger partial charge in [-0.05, 0) is 23.6 Å². The van der Waals surface area contributed by atoms with Crippen LogP contribution in [-0.2, 0) is 0 Å². The van der Waals surface area contributed by atoms with Crippen LogP contribution in [0.1, 0.15) is 35.7 Å². The molecule has 0 aliphatic carbocycles. The van der Waals surface area contributed by atoms with Crippen LogP contribution in [0.4, 0.5) is 0 Å². The van der Waals surface area contributed by atoms with Crippen molar-refractivity contribution in [2.45, 2.75) is 19.8 Å². The van der Waals surface area contributed by atoms with Gasteiger partial charge in [0.2, 0.25) is 0 Å². The van der Waals surface area contributed by atoms with Gasteiger partial charge in [-0.3, -0.25) is 4.79 Å². The minimum atomic E-state index is -0.000779. The topological polar surface area (TPSA) is 26.3 Å². The summed E-state index contributed by atoms with van der Waals surface area (Å²) in [4.78, 5) is 12.0. The third-order valence-corrected chi connectivity index (χ3v) is 3.01. The van der Waals surface area contributed by atoms with E-state index in [0.29, 0.717) is 11.5 Å². The second kappa shape index (κ2) is 6.19. The maximum atomic E-state index is 12.0. The van der Waals surface area contributed by atoms with E-state index in [1.54, 1.807) is 0 Å². The van der Waals surface area contributed by atoms with Crippen LogP contribution in [0.3, 0.4) is 0 Å². The molecule has 0 aliphatic heterocycles. The molecule has 0 saturated heterocycles. The van der Waals surface area contributed by atoms with Crippen molar-refractivity contribution < 1.29 is 9.53 Å². The van der Waals surface area contributed by atoms with Crippen LogP contribution in [0.5, 0.6) is 5.75 Å². The van der Waals surface area contributed by atoms with Crippen LogP contribution in [0.2, 0.25) is 0 Å². The van der Waals surface area contributed by atoms with Crippen LogP contribution in [-0.4, -0.2) is 12.4 Å². The summed E-state index contributed by atoms with van der Waals surface area (Å²) < 4.78 is 5.45. The van der Waals surface area contributed by atoms with E-state index in [1.165, 1.54) is 5.56 Å². The fourth-order valence-corrected chi connectivity index (χ4v) is 1.80. The molecule has 0 amide bonds. The summed E-state index contributed by atoms with van der Waals surface area (Å²) in [6, 6.07) is 17.1. The van der Waals surface area contributed by atoms with E-state index in [1.807, 2.05) is 54.6 Å². The molecule has 2 aromatic carbocycles. The Labute approximate surface area is 114 Å². The van der Waals surface area contributed by atoms with Gasteiger partial charge < -0.3 is 4.74 Å². The molecule has 0 spiro atoms. The van der Waals surface area contributed by atoms with Gasteiger partial charge in [-0.25, -0.2) is 0 Å². The third kappa shape index (κ3) is 3.68. The third-order valence-electron chi connectivity index (χ3n) is 3.01. The van der Waals surface area contributed by atoms with Crippen molar-refractivity contribution in [2.75, 3.05) is 6.61 Å². The van der Waals surface area contributed by atoms with Crippen LogP contribution in [0.15, 0.2) is 54.6 Å². The van der Waals surface area contributed by atoms with Crippen LogP contribution in [0, 0.1) is 0 Å². The molecule has 2 rings (SSSR count). The SMILES string of the molecule is CC(C)c1ccc(C(=O)COc2ccccc2)cc1. The number of benzene rings is 2. The summed E-state index contributed by atoms with van der Waals surface area (Å²) in [5.74, 6) is 1.19. The molecule has 0 saturated carbocycles. The maximum absolute atomic E-state index is 12.0. The Balaban J connectivity index is 1.96. The monoisotopic (exact) mass is 254 g/mol. The number of ether oxygens (including phenoxy) is 1. The quantitative estimate of drug-likeness (QED) is 0.752. The van der Waals surface area contributed by atoms with Crippen molar-refractivity contribution in [3.63, 3.8) is 0 Å². The summed E-state index contributed by atoms with van der Waals surface area (Å²) in [6.45, 7) is 4.34. The molecule has 19 heavy (non-hydrogen) atoms. The van der Waals surface area contributed by atoms with E-state index < -0.39 is 0 Å². The zero-order chi connectivity index (χ0) is 13.7. The van der Waals surface area contributed by atoms with Crippen molar-refractivity contribution in [2.24, 2.45) is 0 Å². The molecule has 0 bridgehead atoms. The van der Waals surface area contributed by atoms with Crippen molar-refractivity contribution in [3.05, 3.63) is 65.7 Å². The molecule has 0 heterocycles. The van der Waals surface area contributed by atoms with E-state index in [4.69, 9.17) is 4.74 Å². The number of Topliss-reactive ketones (excluding diaryl/α,β-unsaturated/α-hetero) is 1. The molecule has 0 aromatic heterocycles. The molecule has 98 valence electrons. The number of carbonyl (C=O) groups is 1. The van der Waals surface area contributed by atoms with Gasteiger partial charge in [0.15, 0.2) is 12.4 Å². The lowest BCUT2D eigenvalue weighted by Crippen LogP contribution is -2.11. The smallest absolute Gasteiger partial charge is 0.200 e. The average Bonchev–Trinajstić information content (AvgIpc) is 2.46. The van der Waals surface area contributed by atoms with Crippen LogP contribution < -0.4 is 4.74 Å². The number of para-hydroxylation sites is 1. The number of carbonyl (C=O) groups excluding carboxylic acids is 1. The number of hydrogen-bond acceptors (Lipinski definition) is 2. The molecule has 0 aliphatic rings. The predicted octanol–water partition coefficient (Wildman–Crippen LogP) is 4.07. The lowest BCUT2D eigenvalue weighted by Gasteiger charge is -2.07. The Kier molecular flexibility index (Phi) is 4.35. The van der Waals surface area contributed by atoms with Crippen LogP contribution in [0.25, 0.3) is 0 Å². The number of rotatable bonds is 5. The first-order valence-electron chi connectivity index (χ1n) is 6.48. The van der Waals surface area contributed by atoms with Crippen molar-refractivity contribution in [3.8, 4) is 5.75 Å². The molecule has 0 N–H and O–H groups in total. The Morgan fingerprint density at radius 3 is 2.21 bits per heavy atom. The largest absolute Gasteiger partial charge is 0.485 e. The second-order valence-electron chi connectivity index (χ2n) is 4.80. The Hall–Kier alpha value is -2.09. The van der Waals surface area contributed by atoms with Gasteiger partial charge in [-0.2, -0.15) is 0 Å². The summed E-state index contributed by atoms with van der Waals surface area (Å²) in [7, 11) is 0. The molecule has 0 radical (unpaired) electrons. The molecular weight excluding hydrogens is 236 g/mol. The zero-order valence-corrected chi connectivity index (χ0v) is 11.3. The summed E-state index contributed by atoms with van der Waals surface area (Å²) in [5, 5.41) is 0. The summed E-state index contributed by atoms with van der Waals surface area (Å²) >= 11 is 0. The second-order valence-corrected chi connectivity index (χ2v) is 4.80. The van der Waals surface area contributed by atoms with Crippen molar-refractivity contribution in [1.82, 2.24) is 0 Å². The predicted molar refractivity (Wildman–Crippen MR) is 76.8 cm³/mol.